The van der Waals surface area contributed by atoms with Crippen LogP contribution in [0.25, 0.3) is 0 Å². The van der Waals surface area contributed by atoms with E-state index in [-0.39, 0.29) is 42.5 Å². The van der Waals surface area contributed by atoms with Crippen molar-refractivity contribution in [2.45, 2.75) is 56.7 Å². The highest BCUT2D eigenvalue weighted by molar-refractivity contribution is 5.89. The first-order valence-corrected chi connectivity index (χ1v) is 13.3. The number of carboxylic acids is 1. The SMILES string of the molecule is O=C(O)CC/C=C\CC1COC([C@@H]2[C@H]3CC(=O)O[C@H]3C[C@H]2OC(=O)c2ccccc2)O[C@@H]1c1ccccc1O. The standard InChI is InChI=1S/C30H32O9/c31-22-13-8-7-12-20(22)28-19(11-5-2-6-14-25(32)33)17-36-30(39-28)27-21-15-26(34)37-23(21)16-24(27)38-29(35)18-9-3-1-4-10-18/h1-5,7-10,12-13,19,21,23-24,27-28,30-31H,6,11,14-17H2,(H,32,33)/b5-2-/t19?,21-,23-,24+,27+,28-,30?/m0/s1. The average Bonchev–Trinajstić information content (AvgIpc) is 3.44. The zero-order valence-electron chi connectivity index (χ0n) is 21.4. The monoisotopic (exact) mass is 536 g/mol. The minimum absolute atomic E-state index is 0.0489. The lowest BCUT2D eigenvalue weighted by atomic mass is 9.88. The van der Waals surface area contributed by atoms with Crippen molar-refractivity contribution >= 4 is 17.9 Å². The molecule has 0 radical (unpaired) electrons. The number of ether oxygens (including phenoxy) is 4. The summed E-state index contributed by atoms with van der Waals surface area (Å²) in [6, 6.07) is 15.7. The largest absolute Gasteiger partial charge is 0.508 e. The maximum absolute atomic E-state index is 12.9. The molecule has 5 rings (SSSR count). The zero-order valence-corrected chi connectivity index (χ0v) is 21.4. The Bertz CT molecular complexity index is 1210. The summed E-state index contributed by atoms with van der Waals surface area (Å²) in [6.07, 6.45) is 3.01. The Labute approximate surface area is 226 Å². The molecule has 0 spiro atoms. The lowest BCUT2D eigenvalue weighted by Gasteiger charge is -2.41. The van der Waals surface area contributed by atoms with Crippen LogP contribution in [0.15, 0.2) is 66.7 Å². The Balaban J connectivity index is 1.36. The summed E-state index contributed by atoms with van der Waals surface area (Å²) in [7, 11) is 0. The fourth-order valence-electron chi connectivity index (χ4n) is 5.83. The van der Waals surface area contributed by atoms with Crippen molar-refractivity contribution in [2.24, 2.45) is 17.8 Å². The molecule has 2 N–H and O–H groups in total. The van der Waals surface area contributed by atoms with Crippen molar-refractivity contribution in [1.82, 2.24) is 0 Å². The van der Waals surface area contributed by atoms with Crippen molar-refractivity contribution in [1.29, 1.82) is 0 Å². The number of hydrogen-bond acceptors (Lipinski definition) is 8. The van der Waals surface area contributed by atoms with Crippen molar-refractivity contribution < 1.29 is 43.5 Å². The van der Waals surface area contributed by atoms with E-state index in [2.05, 4.69) is 0 Å². The average molecular weight is 537 g/mol. The number of rotatable bonds is 9. The van der Waals surface area contributed by atoms with Gasteiger partial charge in [0.2, 0.25) is 0 Å². The van der Waals surface area contributed by atoms with Crippen molar-refractivity contribution in [3.63, 3.8) is 0 Å². The number of esters is 2. The Kier molecular flexibility index (Phi) is 8.28. The number of hydrogen-bond donors (Lipinski definition) is 2. The highest BCUT2D eigenvalue weighted by Gasteiger charge is 2.56. The minimum atomic E-state index is -0.856. The van der Waals surface area contributed by atoms with Crippen LogP contribution >= 0.6 is 0 Å². The Hall–Kier alpha value is -3.69. The van der Waals surface area contributed by atoms with Crippen LogP contribution in [-0.2, 0) is 28.5 Å². The molecule has 2 aromatic rings. The molecule has 9 heteroatoms. The molecule has 1 aliphatic carbocycles. The molecule has 7 atom stereocenters. The molecule has 2 aliphatic heterocycles. The molecule has 39 heavy (non-hydrogen) atoms. The third-order valence-corrected chi connectivity index (χ3v) is 7.69. The van der Waals surface area contributed by atoms with E-state index in [0.717, 1.165) is 0 Å². The summed E-state index contributed by atoms with van der Waals surface area (Å²) in [4.78, 5) is 35.9. The fraction of sp³-hybridized carbons (Fsp3) is 0.433. The number of phenols is 1. The third-order valence-electron chi connectivity index (χ3n) is 7.69. The number of para-hydroxylation sites is 1. The van der Waals surface area contributed by atoms with Gasteiger partial charge in [0.25, 0.3) is 0 Å². The summed E-state index contributed by atoms with van der Waals surface area (Å²) in [5.74, 6) is -2.33. The van der Waals surface area contributed by atoms with Crippen LogP contribution in [0.3, 0.4) is 0 Å². The lowest BCUT2D eigenvalue weighted by molar-refractivity contribution is -0.272. The summed E-state index contributed by atoms with van der Waals surface area (Å²) >= 11 is 0. The molecule has 2 aromatic carbocycles. The first kappa shape index (κ1) is 26.9. The van der Waals surface area contributed by atoms with Crippen LogP contribution < -0.4 is 0 Å². The van der Waals surface area contributed by atoms with Crippen LogP contribution in [0.2, 0.25) is 0 Å². The zero-order chi connectivity index (χ0) is 27.4. The second kappa shape index (κ2) is 12.0. The second-order valence-corrected chi connectivity index (χ2v) is 10.2. The van der Waals surface area contributed by atoms with Crippen LogP contribution in [0.1, 0.15) is 54.1 Å². The van der Waals surface area contributed by atoms with Gasteiger partial charge in [-0.2, -0.15) is 0 Å². The first-order valence-electron chi connectivity index (χ1n) is 13.3. The van der Waals surface area contributed by atoms with Crippen molar-refractivity contribution in [2.75, 3.05) is 6.61 Å². The van der Waals surface area contributed by atoms with Crippen LogP contribution in [-0.4, -0.2) is 53.2 Å². The number of phenolic OH excluding ortho intramolecular Hbond substituents is 1. The molecule has 3 fully saturated rings. The van der Waals surface area contributed by atoms with E-state index in [4.69, 9.17) is 24.1 Å². The molecule has 2 unspecified atom stereocenters. The first-order chi connectivity index (χ1) is 18.9. The number of carbonyl (C=O) groups excluding carboxylic acids is 2. The van der Waals surface area contributed by atoms with E-state index in [1.165, 1.54) is 0 Å². The number of allylic oxidation sites excluding steroid dienone is 2. The van der Waals surface area contributed by atoms with Gasteiger partial charge in [0, 0.05) is 30.2 Å². The van der Waals surface area contributed by atoms with Crippen LogP contribution in [0.5, 0.6) is 5.75 Å². The van der Waals surface area contributed by atoms with Gasteiger partial charge in [-0.3, -0.25) is 9.59 Å². The molecule has 3 aliphatic rings. The van der Waals surface area contributed by atoms with E-state index < -0.39 is 36.4 Å². The summed E-state index contributed by atoms with van der Waals surface area (Å²) in [6.45, 7) is 0.301. The highest BCUT2D eigenvalue weighted by Crippen LogP contribution is 2.49. The number of fused-ring (bicyclic) bond motifs is 1. The van der Waals surface area contributed by atoms with Gasteiger partial charge in [0.1, 0.15) is 18.0 Å². The van der Waals surface area contributed by atoms with Gasteiger partial charge < -0.3 is 29.2 Å². The topological polar surface area (TPSA) is 129 Å². The van der Waals surface area contributed by atoms with Gasteiger partial charge in [-0.1, -0.05) is 48.6 Å². The predicted octanol–water partition coefficient (Wildman–Crippen LogP) is 4.41. The molecular weight excluding hydrogens is 504 g/mol. The maximum Gasteiger partial charge on any atom is 0.338 e. The minimum Gasteiger partial charge on any atom is -0.508 e. The number of benzene rings is 2. The summed E-state index contributed by atoms with van der Waals surface area (Å²) in [5.41, 5.74) is 1.04. The normalized spacial score (nSPS) is 30.2. The number of aromatic hydroxyl groups is 1. The second-order valence-electron chi connectivity index (χ2n) is 10.2. The molecule has 206 valence electrons. The molecule has 9 nitrogen and oxygen atoms in total. The number of carboxylic acid groups (broad SMARTS) is 1. The van der Waals surface area contributed by atoms with E-state index in [0.29, 0.717) is 37.0 Å². The molecular formula is C30H32O9. The van der Waals surface area contributed by atoms with Gasteiger partial charge in [-0.05, 0) is 31.0 Å². The number of carbonyl (C=O) groups is 3. The lowest BCUT2D eigenvalue weighted by Crippen LogP contribution is -2.44. The van der Waals surface area contributed by atoms with Crippen LogP contribution in [0.4, 0.5) is 0 Å². The quantitative estimate of drug-likeness (QED) is 0.354. The van der Waals surface area contributed by atoms with Gasteiger partial charge >= 0.3 is 17.9 Å². The van der Waals surface area contributed by atoms with E-state index >= 15 is 0 Å². The predicted molar refractivity (Wildman–Crippen MR) is 138 cm³/mol. The fourth-order valence-corrected chi connectivity index (χ4v) is 5.83. The third kappa shape index (κ3) is 6.15. The maximum atomic E-state index is 12.9. The van der Waals surface area contributed by atoms with Gasteiger partial charge in [0.05, 0.1) is 30.6 Å². The Morgan fingerprint density at radius 3 is 2.59 bits per heavy atom. The van der Waals surface area contributed by atoms with Crippen molar-refractivity contribution in [3.8, 4) is 5.75 Å². The Morgan fingerprint density at radius 2 is 1.82 bits per heavy atom. The highest BCUT2D eigenvalue weighted by atomic mass is 16.7. The summed E-state index contributed by atoms with van der Waals surface area (Å²) < 4.78 is 24.2. The number of aliphatic carboxylic acids is 1. The molecule has 0 bridgehead atoms. The molecule has 2 saturated heterocycles. The van der Waals surface area contributed by atoms with E-state index in [9.17, 15) is 19.5 Å². The summed E-state index contributed by atoms with van der Waals surface area (Å²) in [5, 5.41) is 19.5. The van der Waals surface area contributed by atoms with Crippen molar-refractivity contribution in [3.05, 3.63) is 77.9 Å². The van der Waals surface area contributed by atoms with E-state index in [1.54, 1.807) is 42.5 Å². The van der Waals surface area contributed by atoms with E-state index in [1.807, 2.05) is 24.3 Å². The molecule has 2 heterocycles. The smallest absolute Gasteiger partial charge is 0.338 e. The molecule has 1 saturated carbocycles. The van der Waals surface area contributed by atoms with Gasteiger partial charge in [-0.25, -0.2) is 4.79 Å². The Morgan fingerprint density at radius 1 is 1.05 bits per heavy atom. The molecule has 0 amide bonds. The van der Waals surface area contributed by atoms with Gasteiger partial charge in [0.15, 0.2) is 6.29 Å². The molecule has 0 aromatic heterocycles. The van der Waals surface area contributed by atoms with Crippen LogP contribution in [0, 0.1) is 17.8 Å². The van der Waals surface area contributed by atoms with Gasteiger partial charge in [-0.15, -0.1) is 0 Å².